The van der Waals surface area contributed by atoms with Crippen molar-refractivity contribution in [2.75, 3.05) is 13.2 Å². The summed E-state index contributed by atoms with van der Waals surface area (Å²) in [5.74, 6) is 0. The summed E-state index contributed by atoms with van der Waals surface area (Å²) >= 11 is 0. The molecule has 1 atom stereocenters. The van der Waals surface area contributed by atoms with Crippen LogP contribution in [-0.4, -0.2) is 19.2 Å². The van der Waals surface area contributed by atoms with Crippen molar-refractivity contribution in [3.8, 4) is 0 Å². The Morgan fingerprint density at radius 3 is 2.60 bits per heavy atom. The zero-order valence-electron chi connectivity index (χ0n) is 2.90. The predicted octanol–water partition coefficient (Wildman–Crippen LogP) is -1.68. The molecule has 5 heavy (non-hydrogen) atoms. The van der Waals surface area contributed by atoms with E-state index < -0.39 is 0 Å². The van der Waals surface area contributed by atoms with Crippen LogP contribution in [0.15, 0.2) is 0 Å². The molecule has 1 fully saturated rings. The SMILES string of the molecule is [O-]CC1CN1. The Morgan fingerprint density at radius 1 is 2.00 bits per heavy atom. The van der Waals surface area contributed by atoms with Gasteiger partial charge in [-0.05, 0) is 0 Å². The molecule has 30 valence electrons. The van der Waals surface area contributed by atoms with Crippen LogP contribution in [0.4, 0.5) is 0 Å². The summed E-state index contributed by atoms with van der Waals surface area (Å²) in [4.78, 5) is 0. The van der Waals surface area contributed by atoms with Gasteiger partial charge in [0.2, 0.25) is 0 Å². The molecule has 2 heteroatoms. The molecule has 0 radical (unpaired) electrons. The van der Waals surface area contributed by atoms with Gasteiger partial charge in [0.25, 0.3) is 0 Å². The third-order valence-electron chi connectivity index (χ3n) is 0.694. The quantitative estimate of drug-likeness (QED) is 0.376. The molecule has 1 N–H and O–H groups in total. The molecule has 1 rings (SSSR count). The van der Waals surface area contributed by atoms with Crippen LogP contribution in [0.2, 0.25) is 0 Å². The first-order chi connectivity index (χ1) is 2.43. The summed E-state index contributed by atoms with van der Waals surface area (Å²) in [6, 6.07) is 0.329. The minimum atomic E-state index is 0.0556. The summed E-state index contributed by atoms with van der Waals surface area (Å²) in [6.45, 7) is 1.00. The van der Waals surface area contributed by atoms with Crippen LogP contribution < -0.4 is 10.4 Å². The van der Waals surface area contributed by atoms with Crippen molar-refractivity contribution in [2.24, 2.45) is 0 Å². The Balaban J connectivity index is 2.00. The van der Waals surface area contributed by atoms with Gasteiger partial charge in [0, 0.05) is 12.6 Å². The minimum absolute atomic E-state index is 0.0556. The number of hydrogen-bond acceptors (Lipinski definition) is 2. The van der Waals surface area contributed by atoms with Crippen LogP contribution in [-0.2, 0) is 0 Å². The molecule has 2 nitrogen and oxygen atoms in total. The highest BCUT2D eigenvalue weighted by atomic mass is 16.3. The molecule has 1 aliphatic heterocycles. The van der Waals surface area contributed by atoms with Crippen LogP contribution >= 0.6 is 0 Å². The fourth-order valence-electron chi connectivity index (χ4n) is 0.201. The molecular formula is C3H6NO-. The average Bonchev–Trinajstić information content (AvgIpc) is 2.12. The fraction of sp³-hybridized carbons (Fsp3) is 1.00. The second-order valence-corrected chi connectivity index (χ2v) is 1.27. The first-order valence-electron chi connectivity index (χ1n) is 1.75. The van der Waals surface area contributed by atoms with E-state index in [-0.39, 0.29) is 6.61 Å². The molecule has 1 heterocycles. The van der Waals surface area contributed by atoms with Gasteiger partial charge in [-0.15, -0.1) is 6.61 Å². The van der Waals surface area contributed by atoms with Crippen LogP contribution in [0.5, 0.6) is 0 Å². The van der Waals surface area contributed by atoms with Crippen molar-refractivity contribution in [3.63, 3.8) is 0 Å². The van der Waals surface area contributed by atoms with Gasteiger partial charge < -0.3 is 10.4 Å². The van der Waals surface area contributed by atoms with E-state index in [2.05, 4.69) is 5.32 Å². The molecular weight excluding hydrogens is 66.0 g/mol. The monoisotopic (exact) mass is 72.0 g/mol. The van der Waals surface area contributed by atoms with Gasteiger partial charge in [0.1, 0.15) is 0 Å². The first kappa shape index (κ1) is 3.12. The highest BCUT2D eigenvalue weighted by Crippen LogP contribution is 1.88. The van der Waals surface area contributed by atoms with E-state index >= 15 is 0 Å². The molecule has 0 amide bonds. The Morgan fingerprint density at radius 2 is 2.60 bits per heavy atom. The minimum Gasteiger partial charge on any atom is -0.853 e. The molecule has 0 aromatic rings. The molecule has 0 spiro atoms. The van der Waals surface area contributed by atoms with Gasteiger partial charge in [0.05, 0.1) is 0 Å². The van der Waals surface area contributed by atoms with Crippen molar-refractivity contribution >= 4 is 0 Å². The van der Waals surface area contributed by atoms with Gasteiger partial charge in [-0.25, -0.2) is 0 Å². The Hall–Kier alpha value is -0.0800. The summed E-state index contributed by atoms with van der Waals surface area (Å²) < 4.78 is 0. The Labute approximate surface area is 30.8 Å². The number of nitrogens with one attached hydrogen (secondary N) is 1. The molecule has 1 unspecified atom stereocenters. The van der Waals surface area contributed by atoms with Crippen LogP contribution in [0, 0.1) is 0 Å². The zero-order valence-corrected chi connectivity index (χ0v) is 2.90. The summed E-state index contributed by atoms with van der Waals surface area (Å²) in [5.41, 5.74) is 0. The third kappa shape index (κ3) is 0.597. The third-order valence-corrected chi connectivity index (χ3v) is 0.694. The van der Waals surface area contributed by atoms with Crippen molar-refractivity contribution in [1.29, 1.82) is 0 Å². The standard InChI is InChI=1S/C3H6NO/c5-2-3-1-4-3/h3-4H,1-2H2/q-1. The van der Waals surface area contributed by atoms with E-state index in [1.807, 2.05) is 0 Å². The molecule has 0 aliphatic carbocycles. The smallest absolute Gasteiger partial charge is 0.00950 e. The van der Waals surface area contributed by atoms with E-state index in [4.69, 9.17) is 0 Å². The molecule has 1 saturated heterocycles. The summed E-state index contributed by atoms with van der Waals surface area (Å²) in [6.07, 6.45) is 0. The number of hydrogen-bond donors (Lipinski definition) is 1. The van der Waals surface area contributed by atoms with Crippen LogP contribution in [0.25, 0.3) is 0 Å². The maximum absolute atomic E-state index is 9.63. The van der Waals surface area contributed by atoms with Crippen molar-refractivity contribution in [2.45, 2.75) is 6.04 Å². The van der Waals surface area contributed by atoms with Crippen LogP contribution in [0.3, 0.4) is 0 Å². The lowest BCUT2D eigenvalue weighted by Gasteiger charge is -1.91. The van der Waals surface area contributed by atoms with E-state index in [1.54, 1.807) is 0 Å². The van der Waals surface area contributed by atoms with Gasteiger partial charge in [-0.2, -0.15) is 0 Å². The van der Waals surface area contributed by atoms with Gasteiger partial charge in [-0.3, -0.25) is 0 Å². The topological polar surface area (TPSA) is 45.0 Å². The second kappa shape index (κ2) is 0.954. The molecule has 0 aromatic heterocycles. The van der Waals surface area contributed by atoms with Crippen molar-refractivity contribution in [3.05, 3.63) is 0 Å². The van der Waals surface area contributed by atoms with E-state index in [9.17, 15) is 5.11 Å². The van der Waals surface area contributed by atoms with Gasteiger partial charge in [-0.1, -0.05) is 0 Å². The first-order valence-corrected chi connectivity index (χ1v) is 1.75. The lowest BCUT2D eigenvalue weighted by Crippen LogP contribution is -2.13. The molecule has 1 aliphatic rings. The fourth-order valence-corrected chi connectivity index (χ4v) is 0.201. The molecule has 0 aromatic carbocycles. The van der Waals surface area contributed by atoms with E-state index in [1.165, 1.54) is 0 Å². The van der Waals surface area contributed by atoms with E-state index in [0.717, 1.165) is 6.54 Å². The summed E-state index contributed by atoms with van der Waals surface area (Å²) in [7, 11) is 0. The Kier molecular flexibility index (Phi) is 0.596. The molecule has 0 saturated carbocycles. The highest BCUT2D eigenvalue weighted by molar-refractivity contribution is 4.80. The van der Waals surface area contributed by atoms with Crippen molar-refractivity contribution in [1.82, 2.24) is 5.32 Å². The maximum atomic E-state index is 9.63. The van der Waals surface area contributed by atoms with Gasteiger partial charge in [0.15, 0.2) is 0 Å². The molecule has 0 bridgehead atoms. The largest absolute Gasteiger partial charge is 0.853 e. The van der Waals surface area contributed by atoms with E-state index in [0.29, 0.717) is 6.04 Å². The lowest BCUT2D eigenvalue weighted by molar-refractivity contribution is -0.366. The maximum Gasteiger partial charge on any atom is 0.00950 e. The second-order valence-electron chi connectivity index (χ2n) is 1.27. The zero-order chi connectivity index (χ0) is 3.70. The van der Waals surface area contributed by atoms with Crippen LogP contribution in [0.1, 0.15) is 0 Å². The normalized spacial score (nSPS) is 34.2. The highest BCUT2D eigenvalue weighted by Gasteiger charge is 2.12. The van der Waals surface area contributed by atoms with Gasteiger partial charge >= 0.3 is 0 Å². The average molecular weight is 72.1 g/mol. The summed E-state index contributed by atoms with van der Waals surface area (Å²) in [5, 5.41) is 12.5. The van der Waals surface area contributed by atoms with Crippen molar-refractivity contribution < 1.29 is 5.11 Å². The number of rotatable bonds is 1. The predicted molar refractivity (Wildman–Crippen MR) is 16.7 cm³/mol. The Bertz CT molecular complexity index is 33.9. The lowest BCUT2D eigenvalue weighted by atomic mass is 10.5.